The van der Waals surface area contributed by atoms with Crippen molar-refractivity contribution in [3.63, 3.8) is 0 Å². The minimum absolute atomic E-state index is 0.105. The minimum Gasteiger partial charge on any atom is -0.323 e. The molecule has 4 heteroatoms. The van der Waals surface area contributed by atoms with E-state index < -0.39 is 23.1 Å². The molecule has 84 valence electrons. The molecule has 1 atom stereocenters. The molecule has 0 aliphatic carbocycles. The Hall–Kier alpha value is -0.670. The Morgan fingerprint density at radius 3 is 2.27 bits per heavy atom. The van der Waals surface area contributed by atoms with Gasteiger partial charge >= 0.3 is 0 Å². The van der Waals surface area contributed by atoms with Crippen molar-refractivity contribution in [1.82, 2.24) is 0 Å². The van der Waals surface area contributed by atoms with E-state index in [2.05, 4.69) is 0 Å². The van der Waals surface area contributed by atoms with Crippen LogP contribution in [0.1, 0.15) is 32.4 Å². The molecule has 1 aromatic carbocycles. The molecule has 0 saturated carbocycles. The van der Waals surface area contributed by atoms with Crippen LogP contribution in [0.25, 0.3) is 0 Å². The van der Waals surface area contributed by atoms with Crippen LogP contribution in [0.15, 0.2) is 12.1 Å². The van der Waals surface area contributed by atoms with Crippen LogP contribution in [0.3, 0.4) is 0 Å². The lowest BCUT2D eigenvalue weighted by atomic mass is 9.82. The molecule has 1 rings (SSSR count). The Labute approximate surface area is 93.2 Å². The Morgan fingerprint density at radius 2 is 1.80 bits per heavy atom. The lowest BCUT2D eigenvalue weighted by Crippen LogP contribution is -2.28. The van der Waals surface area contributed by atoms with Gasteiger partial charge in [-0.05, 0) is 17.5 Å². The second-order valence-electron chi connectivity index (χ2n) is 4.60. The Balaban J connectivity index is 3.31. The molecule has 0 aliphatic rings. The summed E-state index contributed by atoms with van der Waals surface area (Å²) >= 11 is 5.58. The van der Waals surface area contributed by atoms with Gasteiger partial charge in [0.25, 0.3) is 0 Å². The third-order valence-electron chi connectivity index (χ3n) is 2.32. The molecular formula is C11H14ClF2N. The predicted octanol–water partition coefficient (Wildman–Crippen LogP) is 3.66. The molecule has 0 unspecified atom stereocenters. The maximum atomic E-state index is 13.6. The number of halogens is 3. The van der Waals surface area contributed by atoms with Gasteiger partial charge < -0.3 is 5.73 Å². The van der Waals surface area contributed by atoms with E-state index in [4.69, 9.17) is 17.3 Å². The van der Waals surface area contributed by atoms with Crippen molar-refractivity contribution in [3.05, 3.63) is 34.4 Å². The van der Waals surface area contributed by atoms with Crippen molar-refractivity contribution in [2.45, 2.75) is 26.8 Å². The zero-order chi connectivity index (χ0) is 11.8. The van der Waals surface area contributed by atoms with E-state index in [1.54, 1.807) is 0 Å². The molecular weight excluding hydrogens is 220 g/mol. The van der Waals surface area contributed by atoms with Crippen molar-refractivity contribution in [2.24, 2.45) is 11.1 Å². The number of benzene rings is 1. The first-order valence-electron chi connectivity index (χ1n) is 4.64. The highest BCUT2D eigenvalue weighted by atomic mass is 35.5. The van der Waals surface area contributed by atoms with Crippen LogP contribution in [-0.2, 0) is 0 Å². The average Bonchev–Trinajstić information content (AvgIpc) is 2.10. The van der Waals surface area contributed by atoms with Crippen LogP contribution in [0.5, 0.6) is 0 Å². The number of nitrogens with two attached hydrogens (primary N) is 1. The summed E-state index contributed by atoms with van der Waals surface area (Å²) in [5.41, 5.74) is 5.24. The van der Waals surface area contributed by atoms with Gasteiger partial charge in [0.05, 0.1) is 5.02 Å². The second-order valence-corrected chi connectivity index (χ2v) is 5.01. The largest absolute Gasteiger partial charge is 0.323 e. The van der Waals surface area contributed by atoms with Gasteiger partial charge in [0.2, 0.25) is 0 Å². The zero-order valence-corrected chi connectivity index (χ0v) is 9.70. The van der Waals surface area contributed by atoms with Crippen LogP contribution < -0.4 is 5.73 Å². The van der Waals surface area contributed by atoms with Crippen LogP contribution in [-0.4, -0.2) is 0 Å². The fourth-order valence-electron chi connectivity index (χ4n) is 1.26. The first-order valence-corrected chi connectivity index (χ1v) is 5.02. The lowest BCUT2D eigenvalue weighted by molar-refractivity contribution is 0.310. The summed E-state index contributed by atoms with van der Waals surface area (Å²) in [6.07, 6.45) is 0. The van der Waals surface area contributed by atoms with Gasteiger partial charge in [-0.3, -0.25) is 0 Å². The van der Waals surface area contributed by atoms with Crippen molar-refractivity contribution in [2.75, 3.05) is 0 Å². The first-order chi connectivity index (χ1) is 6.75. The summed E-state index contributed by atoms with van der Waals surface area (Å²) in [7, 11) is 0. The molecule has 0 saturated heterocycles. The SMILES string of the molecule is CC(C)(C)[C@H](N)c1c(F)ccc(Cl)c1F. The first kappa shape index (κ1) is 12.4. The molecule has 0 aliphatic heterocycles. The summed E-state index contributed by atoms with van der Waals surface area (Å²) in [5.74, 6) is -1.42. The van der Waals surface area contributed by atoms with E-state index in [1.165, 1.54) is 6.07 Å². The van der Waals surface area contributed by atoms with Gasteiger partial charge in [0, 0.05) is 11.6 Å². The lowest BCUT2D eigenvalue weighted by Gasteiger charge is -2.28. The highest BCUT2D eigenvalue weighted by molar-refractivity contribution is 6.30. The van der Waals surface area contributed by atoms with Gasteiger partial charge in [-0.2, -0.15) is 0 Å². The monoisotopic (exact) mass is 233 g/mol. The summed E-state index contributed by atoms with van der Waals surface area (Å²) in [4.78, 5) is 0. The normalized spacial score (nSPS) is 14.1. The summed E-state index contributed by atoms with van der Waals surface area (Å²) in [6, 6.07) is 1.59. The Morgan fingerprint density at radius 1 is 1.27 bits per heavy atom. The fraction of sp³-hybridized carbons (Fsp3) is 0.455. The van der Waals surface area contributed by atoms with Gasteiger partial charge in [-0.25, -0.2) is 8.78 Å². The third kappa shape index (κ3) is 2.47. The van der Waals surface area contributed by atoms with Gasteiger partial charge in [0.15, 0.2) is 0 Å². The van der Waals surface area contributed by atoms with Crippen LogP contribution in [0, 0.1) is 17.0 Å². The van der Waals surface area contributed by atoms with E-state index in [0.29, 0.717) is 0 Å². The molecule has 0 heterocycles. The molecule has 0 spiro atoms. The minimum atomic E-state index is -0.765. The van der Waals surface area contributed by atoms with Crippen molar-refractivity contribution >= 4 is 11.6 Å². The Kier molecular flexibility index (Phi) is 3.36. The summed E-state index contributed by atoms with van der Waals surface area (Å²) < 4.78 is 27.0. The topological polar surface area (TPSA) is 26.0 Å². The van der Waals surface area contributed by atoms with E-state index in [9.17, 15) is 8.78 Å². The smallest absolute Gasteiger partial charge is 0.149 e. The van der Waals surface area contributed by atoms with Crippen LogP contribution in [0.4, 0.5) is 8.78 Å². The fourth-order valence-corrected chi connectivity index (χ4v) is 1.43. The number of rotatable bonds is 1. The highest BCUT2D eigenvalue weighted by Crippen LogP contribution is 2.35. The standard InChI is InChI=1S/C11H14ClF2N/c1-11(2,3)10(15)8-7(13)5-4-6(12)9(8)14/h4-5,10H,15H2,1-3H3/t10-/m1/s1. The maximum absolute atomic E-state index is 13.6. The van der Waals surface area contributed by atoms with Gasteiger partial charge in [-0.15, -0.1) is 0 Å². The van der Waals surface area contributed by atoms with Crippen molar-refractivity contribution in [3.8, 4) is 0 Å². The third-order valence-corrected chi connectivity index (χ3v) is 2.62. The van der Waals surface area contributed by atoms with E-state index in [1.807, 2.05) is 20.8 Å². The quantitative estimate of drug-likeness (QED) is 0.736. The molecule has 0 amide bonds. The Bertz CT molecular complexity index is 372. The molecule has 1 nitrogen and oxygen atoms in total. The van der Waals surface area contributed by atoms with Crippen molar-refractivity contribution in [1.29, 1.82) is 0 Å². The van der Waals surface area contributed by atoms with Crippen LogP contribution in [0.2, 0.25) is 5.02 Å². The number of hydrogen-bond acceptors (Lipinski definition) is 1. The predicted molar refractivity (Wildman–Crippen MR) is 57.8 cm³/mol. The molecule has 0 aromatic heterocycles. The van der Waals surface area contributed by atoms with Gasteiger partial charge in [-0.1, -0.05) is 32.4 Å². The van der Waals surface area contributed by atoms with Crippen molar-refractivity contribution < 1.29 is 8.78 Å². The molecule has 1 aromatic rings. The van der Waals surface area contributed by atoms with E-state index in [-0.39, 0.29) is 10.6 Å². The van der Waals surface area contributed by atoms with Gasteiger partial charge in [0.1, 0.15) is 11.6 Å². The zero-order valence-electron chi connectivity index (χ0n) is 8.94. The molecule has 15 heavy (non-hydrogen) atoms. The van der Waals surface area contributed by atoms with E-state index >= 15 is 0 Å². The molecule has 0 bridgehead atoms. The molecule has 0 radical (unpaired) electrons. The van der Waals surface area contributed by atoms with Crippen LogP contribution >= 0.6 is 11.6 Å². The molecule has 2 N–H and O–H groups in total. The number of hydrogen-bond donors (Lipinski definition) is 1. The molecule has 0 fully saturated rings. The van der Waals surface area contributed by atoms with E-state index in [0.717, 1.165) is 6.07 Å². The summed E-state index contributed by atoms with van der Waals surface area (Å²) in [6.45, 7) is 5.45. The maximum Gasteiger partial charge on any atom is 0.149 e. The summed E-state index contributed by atoms with van der Waals surface area (Å²) in [5, 5.41) is -0.105. The average molecular weight is 234 g/mol. The second kappa shape index (κ2) is 4.06. The highest BCUT2D eigenvalue weighted by Gasteiger charge is 2.28.